The molecule has 3 heteroatoms. The molecule has 0 spiro atoms. The quantitative estimate of drug-likeness (QED) is 0.251. The highest BCUT2D eigenvalue weighted by Gasteiger charge is 2.33. The van der Waals surface area contributed by atoms with Crippen LogP contribution in [0.5, 0.6) is 11.5 Å². The predicted molar refractivity (Wildman–Crippen MR) is 138 cm³/mol. The molecule has 0 radical (unpaired) electrons. The van der Waals surface area contributed by atoms with Crippen LogP contribution < -0.4 is 9.30 Å². The van der Waals surface area contributed by atoms with Crippen LogP contribution in [0.4, 0.5) is 0 Å². The molecule has 0 amide bonds. The van der Waals surface area contributed by atoms with Crippen molar-refractivity contribution in [3.8, 4) is 22.8 Å². The number of hydrogen-bond acceptors (Lipinski definition) is 2. The third-order valence-electron chi connectivity index (χ3n) is 8.33. The number of ether oxygens (including phenoxy) is 1. The van der Waals surface area contributed by atoms with Crippen LogP contribution in [0, 0.1) is 26.7 Å². The Morgan fingerprint density at radius 1 is 0.941 bits per heavy atom. The van der Waals surface area contributed by atoms with Gasteiger partial charge in [0.05, 0.1) is 16.3 Å². The minimum absolute atomic E-state index is 0.777. The van der Waals surface area contributed by atoms with E-state index in [-0.39, 0.29) is 0 Å². The summed E-state index contributed by atoms with van der Waals surface area (Å²) < 4.78 is 15.7. The number of aryl methyl sites for hydroxylation is 3. The molecule has 7 rings (SSSR count). The van der Waals surface area contributed by atoms with Crippen LogP contribution in [-0.2, 0) is 13.5 Å². The monoisotopic (exact) mass is 448 g/mol. The van der Waals surface area contributed by atoms with Crippen molar-refractivity contribution in [1.29, 1.82) is 0 Å². The van der Waals surface area contributed by atoms with Crippen molar-refractivity contribution in [2.75, 3.05) is 0 Å². The molecule has 5 aromatic rings. The Morgan fingerprint density at radius 2 is 1.76 bits per heavy atom. The zero-order chi connectivity index (χ0) is 23.1. The summed E-state index contributed by atoms with van der Waals surface area (Å²) in [5.41, 5.74) is 9.49. The van der Waals surface area contributed by atoms with Crippen LogP contribution in [0.1, 0.15) is 47.9 Å². The summed E-state index contributed by atoms with van der Waals surface area (Å²) in [4.78, 5) is 0. The Kier molecular flexibility index (Phi) is 4.18. The summed E-state index contributed by atoms with van der Waals surface area (Å²) in [5.74, 6) is 2.69. The van der Waals surface area contributed by atoms with E-state index in [4.69, 9.17) is 9.15 Å². The predicted octanol–water partition coefficient (Wildman–Crippen LogP) is 7.99. The van der Waals surface area contributed by atoms with Gasteiger partial charge >= 0.3 is 0 Å². The number of pyridine rings is 1. The average Bonchev–Trinajstić information content (AvgIpc) is 3.47. The molecule has 1 saturated carbocycles. The van der Waals surface area contributed by atoms with Gasteiger partial charge < -0.3 is 9.15 Å². The van der Waals surface area contributed by atoms with E-state index in [9.17, 15) is 0 Å². The summed E-state index contributed by atoms with van der Waals surface area (Å²) in [6.07, 6.45) is 8.66. The van der Waals surface area contributed by atoms with Crippen LogP contribution in [0.3, 0.4) is 0 Å². The Hall–Kier alpha value is -3.33. The lowest BCUT2D eigenvalue weighted by molar-refractivity contribution is -0.659. The van der Waals surface area contributed by atoms with E-state index in [0.717, 1.165) is 45.8 Å². The highest BCUT2D eigenvalue weighted by atomic mass is 16.5. The Bertz CT molecular complexity index is 1650. The summed E-state index contributed by atoms with van der Waals surface area (Å²) in [5, 5.41) is 4.62. The van der Waals surface area contributed by atoms with Crippen LogP contribution >= 0.6 is 0 Å². The molecule has 3 aromatic carbocycles. The van der Waals surface area contributed by atoms with Crippen LogP contribution in [-0.4, -0.2) is 0 Å². The molecule has 0 saturated heterocycles. The van der Waals surface area contributed by atoms with Gasteiger partial charge in [-0.05, 0) is 61.4 Å². The van der Waals surface area contributed by atoms with Gasteiger partial charge in [0, 0.05) is 16.8 Å². The molecule has 1 aliphatic carbocycles. The SMILES string of the molecule is Cc1cc(C)c2c(c1C)-c1c3c(c4c(cc3cc[n+]1C)oc1c(CC3CCCC3)cccc14)O2. The minimum atomic E-state index is 0.777. The first kappa shape index (κ1) is 20.1. The van der Waals surface area contributed by atoms with E-state index >= 15 is 0 Å². The number of para-hydroxylation sites is 1. The maximum atomic E-state index is 6.85. The molecule has 170 valence electrons. The van der Waals surface area contributed by atoms with Crippen LogP contribution in [0.25, 0.3) is 44.0 Å². The number of furan rings is 1. The van der Waals surface area contributed by atoms with Gasteiger partial charge in [-0.1, -0.05) is 49.9 Å². The first-order chi connectivity index (χ1) is 16.5. The maximum Gasteiger partial charge on any atom is 0.228 e. The Labute approximate surface area is 200 Å². The molecule has 3 heterocycles. The molecular weight excluding hydrogens is 418 g/mol. The van der Waals surface area contributed by atoms with Crippen LogP contribution in [0.15, 0.2) is 47.0 Å². The smallest absolute Gasteiger partial charge is 0.228 e. The standard InChI is InChI=1S/C31H30NO2/c1-17-14-18(2)29-25(19(17)3)28-26-21(12-13-32(28)4)16-24-27(31(26)34-29)23-11-7-10-22(30(23)33-24)15-20-8-5-6-9-20/h7,10-14,16,20H,5-6,8-9,15H2,1-4H3/q+1. The number of fused-ring (bicyclic) bond motifs is 6. The van der Waals surface area contributed by atoms with E-state index in [2.05, 4.69) is 75.0 Å². The first-order valence-corrected chi connectivity index (χ1v) is 12.6. The van der Waals surface area contributed by atoms with Crippen LogP contribution in [0.2, 0.25) is 0 Å². The van der Waals surface area contributed by atoms with Gasteiger partial charge in [0.2, 0.25) is 5.69 Å². The summed E-state index contributed by atoms with van der Waals surface area (Å²) in [6, 6.07) is 13.3. The van der Waals surface area contributed by atoms with Crippen molar-refractivity contribution in [3.63, 3.8) is 0 Å². The lowest BCUT2D eigenvalue weighted by atomic mass is 9.90. The van der Waals surface area contributed by atoms with Gasteiger partial charge in [-0.2, -0.15) is 0 Å². The van der Waals surface area contributed by atoms with E-state index in [0.29, 0.717) is 0 Å². The topological polar surface area (TPSA) is 26.2 Å². The molecule has 1 aliphatic heterocycles. The molecule has 3 nitrogen and oxygen atoms in total. The number of rotatable bonds is 2. The fourth-order valence-corrected chi connectivity index (χ4v) is 6.49. The fourth-order valence-electron chi connectivity index (χ4n) is 6.49. The van der Waals surface area contributed by atoms with Crippen molar-refractivity contribution in [1.82, 2.24) is 0 Å². The second kappa shape index (κ2) is 7.09. The zero-order valence-corrected chi connectivity index (χ0v) is 20.4. The Balaban J connectivity index is 1.58. The molecule has 0 atom stereocenters. The molecule has 34 heavy (non-hydrogen) atoms. The van der Waals surface area contributed by atoms with E-state index in [1.807, 2.05) is 0 Å². The summed E-state index contributed by atoms with van der Waals surface area (Å²) >= 11 is 0. The number of nitrogens with zero attached hydrogens (tertiary/aromatic N) is 1. The molecule has 0 unspecified atom stereocenters. The molecule has 2 aliphatic rings. The van der Waals surface area contributed by atoms with Gasteiger partial charge in [0.15, 0.2) is 11.9 Å². The number of aromatic nitrogens is 1. The van der Waals surface area contributed by atoms with Crippen molar-refractivity contribution >= 4 is 32.7 Å². The number of hydrogen-bond donors (Lipinski definition) is 0. The normalized spacial score (nSPS) is 15.4. The van der Waals surface area contributed by atoms with Crippen molar-refractivity contribution in [3.05, 3.63) is 64.8 Å². The Morgan fingerprint density at radius 3 is 2.59 bits per heavy atom. The van der Waals surface area contributed by atoms with E-state index < -0.39 is 0 Å². The lowest BCUT2D eigenvalue weighted by Crippen LogP contribution is -2.32. The molecule has 0 bridgehead atoms. The molecule has 2 aromatic heterocycles. The van der Waals surface area contributed by atoms with Gasteiger partial charge in [0.25, 0.3) is 0 Å². The fraction of sp³-hybridized carbons (Fsp3) is 0.323. The highest BCUT2D eigenvalue weighted by Crippen LogP contribution is 2.53. The van der Waals surface area contributed by atoms with Crippen molar-refractivity contribution < 1.29 is 13.7 Å². The van der Waals surface area contributed by atoms with E-state index in [1.165, 1.54) is 70.0 Å². The first-order valence-electron chi connectivity index (χ1n) is 12.6. The van der Waals surface area contributed by atoms with E-state index in [1.54, 1.807) is 0 Å². The summed E-state index contributed by atoms with van der Waals surface area (Å²) in [7, 11) is 2.14. The summed E-state index contributed by atoms with van der Waals surface area (Å²) in [6.45, 7) is 6.56. The van der Waals surface area contributed by atoms with Gasteiger partial charge in [0.1, 0.15) is 24.0 Å². The largest absolute Gasteiger partial charge is 0.456 e. The minimum Gasteiger partial charge on any atom is -0.456 e. The van der Waals surface area contributed by atoms with Crippen molar-refractivity contribution in [2.24, 2.45) is 13.0 Å². The average molecular weight is 449 g/mol. The number of benzene rings is 3. The third-order valence-corrected chi connectivity index (χ3v) is 8.33. The molecule has 0 N–H and O–H groups in total. The zero-order valence-electron chi connectivity index (χ0n) is 20.4. The molecule has 1 fully saturated rings. The highest BCUT2D eigenvalue weighted by molar-refractivity contribution is 6.19. The lowest BCUT2D eigenvalue weighted by Gasteiger charge is -2.23. The van der Waals surface area contributed by atoms with Gasteiger partial charge in [-0.25, -0.2) is 4.57 Å². The second-order valence-corrected chi connectivity index (χ2v) is 10.5. The third kappa shape index (κ3) is 2.67. The second-order valence-electron chi connectivity index (χ2n) is 10.5. The van der Waals surface area contributed by atoms with Crippen molar-refractivity contribution in [2.45, 2.75) is 52.9 Å². The van der Waals surface area contributed by atoms with Gasteiger partial charge in [-0.3, -0.25) is 0 Å². The molecular formula is C31H30NO2+. The maximum absolute atomic E-state index is 6.85. The van der Waals surface area contributed by atoms with Gasteiger partial charge in [-0.15, -0.1) is 0 Å².